The average Bonchev–Trinajstić information content (AvgIpc) is 2.31. The lowest BCUT2D eigenvalue weighted by Crippen LogP contribution is -1.74. The van der Waals surface area contributed by atoms with Gasteiger partial charge in [-0.05, 0) is 35.4 Å². The summed E-state index contributed by atoms with van der Waals surface area (Å²) in [4.78, 5) is 0. The standard InChI is InChI=1S/C14H12O3/c15-12-3-1-2-10(8-12)4-5-11-6-7-13(16)14(17)9-11/h1-9,15-17H. The van der Waals surface area contributed by atoms with Gasteiger partial charge in [0.1, 0.15) is 5.75 Å². The SMILES string of the molecule is Oc1cccc(C=Cc2ccc(O)c(O)c2)c1. The number of hydrogen-bond donors (Lipinski definition) is 3. The maximum atomic E-state index is 9.32. The van der Waals surface area contributed by atoms with Crippen molar-refractivity contribution >= 4 is 12.2 Å². The molecule has 2 aromatic rings. The van der Waals surface area contributed by atoms with Gasteiger partial charge in [-0.15, -0.1) is 0 Å². The molecule has 0 spiro atoms. The van der Waals surface area contributed by atoms with Crippen LogP contribution < -0.4 is 0 Å². The lowest BCUT2D eigenvalue weighted by atomic mass is 10.1. The second kappa shape index (κ2) is 4.61. The van der Waals surface area contributed by atoms with E-state index in [1.807, 2.05) is 12.1 Å². The molecule has 0 heterocycles. The highest BCUT2D eigenvalue weighted by molar-refractivity contribution is 5.71. The number of benzene rings is 2. The van der Waals surface area contributed by atoms with Crippen LogP contribution in [-0.4, -0.2) is 15.3 Å². The lowest BCUT2D eigenvalue weighted by molar-refractivity contribution is 0.403. The first-order valence-corrected chi connectivity index (χ1v) is 5.14. The van der Waals surface area contributed by atoms with E-state index in [9.17, 15) is 10.2 Å². The summed E-state index contributed by atoms with van der Waals surface area (Å²) in [5, 5.41) is 27.8. The first kappa shape index (κ1) is 11.1. The van der Waals surface area contributed by atoms with Gasteiger partial charge in [-0.2, -0.15) is 0 Å². The molecule has 0 fully saturated rings. The highest BCUT2D eigenvalue weighted by atomic mass is 16.3. The summed E-state index contributed by atoms with van der Waals surface area (Å²) in [5.41, 5.74) is 1.63. The van der Waals surface area contributed by atoms with Gasteiger partial charge in [0.25, 0.3) is 0 Å². The summed E-state index contributed by atoms with van der Waals surface area (Å²) in [5.74, 6) is -0.0803. The number of rotatable bonds is 2. The van der Waals surface area contributed by atoms with E-state index in [0.717, 1.165) is 11.1 Å². The Bertz CT molecular complexity index is 559. The molecule has 0 radical (unpaired) electrons. The second-order valence-corrected chi connectivity index (χ2v) is 3.68. The van der Waals surface area contributed by atoms with Crippen molar-refractivity contribution in [1.82, 2.24) is 0 Å². The zero-order valence-corrected chi connectivity index (χ0v) is 9.04. The van der Waals surface area contributed by atoms with E-state index >= 15 is 0 Å². The molecular formula is C14H12O3. The monoisotopic (exact) mass is 228 g/mol. The van der Waals surface area contributed by atoms with Gasteiger partial charge >= 0.3 is 0 Å². The molecule has 86 valence electrons. The van der Waals surface area contributed by atoms with Crippen LogP contribution >= 0.6 is 0 Å². The van der Waals surface area contributed by atoms with E-state index in [1.165, 1.54) is 12.1 Å². The summed E-state index contributed by atoms with van der Waals surface area (Å²) in [7, 11) is 0. The average molecular weight is 228 g/mol. The van der Waals surface area contributed by atoms with Gasteiger partial charge in [0.2, 0.25) is 0 Å². The molecule has 3 nitrogen and oxygen atoms in total. The Hall–Kier alpha value is -2.42. The Kier molecular flexibility index (Phi) is 3.01. The normalized spacial score (nSPS) is 10.8. The smallest absolute Gasteiger partial charge is 0.157 e. The fourth-order valence-corrected chi connectivity index (χ4v) is 1.47. The number of phenols is 3. The molecule has 0 aliphatic rings. The molecule has 3 heteroatoms. The molecule has 2 rings (SSSR count). The van der Waals surface area contributed by atoms with Crippen molar-refractivity contribution in [2.45, 2.75) is 0 Å². The third kappa shape index (κ3) is 2.78. The minimum absolute atomic E-state index is 0.139. The zero-order valence-electron chi connectivity index (χ0n) is 9.04. The second-order valence-electron chi connectivity index (χ2n) is 3.68. The predicted octanol–water partition coefficient (Wildman–Crippen LogP) is 2.97. The maximum absolute atomic E-state index is 9.32. The van der Waals surface area contributed by atoms with Gasteiger partial charge in [-0.3, -0.25) is 0 Å². The molecule has 17 heavy (non-hydrogen) atoms. The minimum Gasteiger partial charge on any atom is -0.508 e. The van der Waals surface area contributed by atoms with Crippen molar-refractivity contribution in [3.05, 3.63) is 53.6 Å². The van der Waals surface area contributed by atoms with Crippen LogP contribution in [0.2, 0.25) is 0 Å². The predicted molar refractivity (Wildman–Crippen MR) is 66.8 cm³/mol. The summed E-state index contributed by atoms with van der Waals surface area (Å²) >= 11 is 0. The topological polar surface area (TPSA) is 60.7 Å². The van der Waals surface area contributed by atoms with Crippen molar-refractivity contribution in [3.8, 4) is 17.2 Å². The third-order valence-electron chi connectivity index (χ3n) is 2.34. The molecule has 0 aliphatic carbocycles. The van der Waals surface area contributed by atoms with Gasteiger partial charge in [-0.25, -0.2) is 0 Å². The zero-order chi connectivity index (χ0) is 12.3. The Morgan fingerprint density at radius 3 is 2.06 bits per heavy atom. The van der Waals surface area contributed by atoms with Crippen LogP contribution in [0.1, 0.15) is 11.1 Å². The Labute approximate surface area is 98.9 Å². The number of phenolic OH excluding ortho intramolecular Hbond substituents is 3. The Morgan fingerprint density at radius 1 is 0.706 bits per heavy atom. The van der Waals surface area contributed by atoms with Crippen LogP contribution in [0.3, 0.4) is 0 Å². The quantitative estimate of drug-likeness (QED) is 0.547. The summed E-state index contributed by atoms with van der Waals surface area (Å²) < 4.78 is 0. The third-order valence-corrected chi connectivity index (χ3v) is 2.34. The largest absolute Gasteiger partial charge is 0.508 e. The summed E-state index contributed by atoms with van der Waals surface area (Å²) in [6.45, 7) is 0. The number of aromatic hydroxyl groups is 3. The molecule has 3 N–H and O–H groups in total. The van der Waals surface area contributed by atoms with Gasteiger partial charge in [0.05, 0.1) is 0 Å². The van der Waals surface area contributed by atoms with Crippen LogP contribution in [0, 0.1) is 0 Å². The van der Waals surface area contributed by atoms with Crippen LogP contribution in [0.5, 0.6) is 17.2 Å². The van der Waals surface area contributed by atoms with E-state index in [-0.39, 0.29) is 17.2 Å². The Morgan fingerprint density at radius 2 is 1.41 bits per heavy atom. The summed E-state index contributed by atoms with van der Waals surface area (Å²) in [6, 6.07) is 11.4. The van der Waals surface area contributed by atoms with Gasteiger partial charge in [0, 0.05) is 0 Å². The molecule has 0 amide bonds. The first-order valence-electron chi connectivity index (χ1n) is 5.14. The van der Waals surface area contributed by atoms with Crippen LogP contribution in [-0.2, 0) is 0 Å². The highest BCUT2D eigenvalue weighted by Gasteiger charge is 1.97. The molecule has 0 atom stereocenters. The van der Waals surface area contributed by atoms with E-state index in [4.69, 9.17) is 5.11 Å². The van der Waals surface area contributed by atoms with Crippen molar-refractivity contribution in [3.63, 3.8) is 0 Å². The van der Waals surface area contributed by atoms with E-state index < -0.39 is 0 Å². The molecule has 0 saturated carbocycles. The molecule has 0 aromatic heterocycles. The lowest BCUT2D eigenvalue weighted by Gasteiger charge is -1.99. The molecule has 0 bridgehead atoms. The fourth-order valence-electron chi connectivity index (χ4n) is 1.47. The van der Waals surface area contributed by atoms with Crippen molar-refractivity contribution < 1.29 is 15.3 Å². The van der Waals surface area contributed by atoms with Gasteiger partial charge in [0.15, 0.2) is 11.5 Å². The van der Waals surface area contributed by atoms with Crippen molar-refractivity contribution in [2.24, 2.45) is 0 Å². The van der Waals surface area contributed by atoms with Crippen molar-refractivity contribution in [2.75, 3.05) is 0 Å². The Balaban J connectivity index is 2.23. The first-order chi connectivity index (χ1) is 8.15. The van der Waals surface area contributed by atoms with E-state index in [2.05, 4.69) is 0 Å². The summed E-state index contributed by atoms with van der Waals surface area (Å²) in [6.07, 6.45) is 3.60. The molecule has 2 aromatic carbocycles. The minimum atomic E-state index is -0.150. The van der Waals surface area contributed by atoms with Gasteiger partial charge < -0.3 is 15.3 Å². The fraction of sp³-hybridized carbons (Fsp3) is 0. The van der Waals surface area contributed by atoms with Crippen molar-refractivity contribution in [1.29, 1.82) is 0 Å². The van der Waals surface area contributed by atoms with Crippen LogP contribution in [0.25, 0.3) is 12.2 Å². The number of hydrogen-bond acceptors (Lipinski definition) is 3. The van der Waals surface area contributed by atoms with Gasteiger partial charge in [-0.1, -0.05) is 30.4 Å². The van der Waals surface area contributed by atoms with Crippen LogP contribution in [0.4, 0.5) is 0 Å². The highest BCUT2D eigenvalue weighted by Crippen LogP contribution is 2.25. The molecule has 0 aliphatic heterocycles. The molecule has 0 unspecified atom stereocenters. The van der Waals surface area contributed by atoms with E-state index in [1.54, 1.807) is 30.3 Å². The maximum Gasteiger partial charge on any atom is 0.157 e. The molecule has 0 saturated heterocycles. The van der Waals surface area contributed by atoms with Crippen LogP contribution in [0.15, 0.2) is 42.5 Å². The molecular weight excluding hydrogens is 216 g/mol. The van der Waals surface area contributed by atoms with E-state index in [0.29, 0.717) is 0 Å².